The second-order valence-electron chi connectivity index (χ2n) is 3.70. The van der Waals surface area contributed by atoms with Crippen molar-refractivity contribution in [1.82, 2.24) is 0 Å². The van der Waals surface area contributed by atoms with Gasteiger partial charge in [0.15, 0.2) is 0 Å². The van der Waals surface area contributed by atoms with Crippen molar-refractivity contribution in [3.63, 3.8) is 0 Å². The maximum absolute atomic E-state index is 12.5. The Kier molecular flexibility index (Phi) is 6.15. The van der Waals surface area contributed by atoms with E-state index in [0.717, 1.165) is 30.1 Å². The first-order valence-corrected chi connectivity index (χ1v) is 7.16. The number of alkyl halides is 3. The fourth-order valence-corrected chi connectivity index (χ4v) is 2.28. The summed E-state index contributed by atoms with van der Waals surface area (Å²) < 4.78 is 37.6. The first-order valence-electron chi connectivity index (χ1n) is 5.63. The van der Waals surface area contributed by atoms with Gasteiger partial charge in [0.1, 0.15) is 0 Å². The number of thioether (sulfide) groups is 1. The summed E-state index contributed by atoms with van der Waals surface area (Å²) in [5, 5.41) is 3.05. The summed E-state index contributed by atoms with van der Waals surface area (Å²) in [5.41, 5.74) is -0.309. The van der Waals surface area contributed by atoms with Crippen molar-refractivity contribution in [2.45, 2.75) is 19.5 Å². The number of rotatable bonds is 6. The molecule has 0 aliphatic rings. The molecule has 0 unspecified atom stereocenters. The third-order valence-corrected chi connectivity index (χ3v) is 3.43. The fraction of sp³-hybridized carbons (Fsp3) is 0.500. The molecule has 1 N–H and O–H groups in total. The highest BCUT2D eigenvalue weighted by molar-refractivity contribution is 7.99. The zero-order valence-corrected chi connectivity index (χ0v) is 11.6. The molecule has 0 aliphatic heterocycles. The molecule has 0 heterocycles. The van der Waals surface area contributed by atoms with E-state index in [0.29, 0.717) is 12.2 Å². The summed E-state index contributed by atoms with van der Waals surface area (Å²) in [6, 6.07) is 3.52. The van der Waals surface area contributed by atoms with Gasteiger partial charge in [-0.05, 0) is 36.1 Å². The first kappa shape index (κ1) is 15.5. The van der Waals surface area contributed by atoms with E-state index in [1.807, 2.05) is 11.8 Å². The van der Waals surface area contributed by atoms with Crippen molar-refractivity contribution < 1.29 is 13.2 Å². The van der Waals surface area contributed by atoms with Crippen molar-refractivity contribution in [2.24, 2.45) is 0 Å². The lowest BCUT2D eigenvalue weighted by Crippen LogP contribution is -2.08. The van der Waals surface area contributed by atoms with Gasteiger partial charge < -0.3 is 5.32 Å². The monoisotopic (exact) mass is 297 g/mol. The van der Waals surface area contributed by atoms with Crippen LogP contribution in [0, 0.1) is 0 Å². The second kappa shape index (κ2) is 7.14. The molecule has 18 heavy (non-hydrogen) atoms. The summed E-state index contributed by atoms with van der Waals surface area (Å²) >= 11 is 7.48. The summed E-state index contributed by atoms with van der Waals surface area (Å²) in [7, 11) is 0. The Bertz CT molecular complexity index is 382. The molecule has 0 saturated heterocycles. The van der Waals surface area contributed by atoms with E-state index in [1.54, 1.807) is 0 Å². The number of nitrogens with one attached hydrogen (secondary N) is 1. The molecule has 0 aromatic heterocycles. The zero-order valence-electron chi connectivity index (χ0n) is 9.98. The van der Waals surface area contributed by atoms with E-state index in [4.69, 9.17) is 11.6 Å². The highest BCUT2D eigenvalue weighted by Gasteiger charge is 2.31. The molecule has 0 atom stereocenters. The van der Waals surface area contributed by atoms with Crippen molar-refractivity contribution >= 4 is 29.1 Å². The van der Waals surface area contributed by atoms with E-state index in [-0.39, 0.29) is 5.02 Å². The Labute approximate surface area is 114 Å². The van der Waals surface area contributed by atoms with E-state index in [2.05, 4.69) is 12.2 Å². The minimum absolute atomic E-state index is 0.0928. The molecule has 6 heteroatoms. The van der Waals surface area contributed by atoms with Gasteiger partial charge in [0, 0.05) is 17.3 Å². The minimum Gasteiger partial charge on any atom is -0.385 e. The third-order valence-electron chi connectivity index (χ3n) is 2.22. The maximum atomic E-state index is 12.5. The van der Waals surface area contributed by atoms with E-state index in [1.165, 1.54) is 6.07 Å². The summed E-state index contributed by atoms with van der Waals surface area (Å²) in [4.78, 5) is 0. The largest absolute Gasteiger partial charge is 0.416 e. The zero-order chi connectivity index (χ0) is 13.6. The Hall–Kier alpha value is -0.550. The van der Waals surface area contributed by atoms with Crippen molar-refractivity contribution in [3.8, 4) is 0 Å². The van der Waals surface area contributed by atoms with Gasteiger partial charge in [-0.25, -0.2) is 0 Å². The van der Waals surface area contributed by atoms with Crippen molar-refractivity contribution in [2.75, 3.05) is 23.4 Å². The van der Waals surface area contributed by atoms with Crippen molar-refractivity contribution in [3.05, 3.63) is 28.8 Å². The molecular weight excluding hydrogens is 283 g/mol. The number of hydrogen-bond acceptors (Lipinski definition) is 2. The van der Waals surface area contributed by atoms with Crippen LogP contribution in [0.15, 0.2) is 18.2 Å². The third kappa shape index (κ3) is 5.40. The number of halogens is 4. The summed E-state index contributed by atoms with van der Waals surface area (Å²) in [6.45, 7) is 2.72. The average Bonchev–Trinajstić information content (AvgIpc) is 2.27. The van der Waals surface area contributed by atoms with Gasteiger partial charge in [0.25, 0.3) is 0 Å². The average molecular weight is 298 g/mol. The minimum atomic E-state index is -4.36. The molecule has 1 aromatic carbocycles. The van der Waals surface area contributed by atoms with E-state index < -0.39 is 11.7 Å². The van der Waals surface area contributed by atoms with Crippen molar-refractivity contribution in [1.29, 1.82) is 0 Å². The van der Waals surface area contributed by atoms with Gasteiger partial charge in [-0.2, -0.15) is 24.9 Å². The predicted molar refractivity (Wildman–Crippen MR) is 72.6 cm³/mol. The van der Waals surface area contributed by atoms with E-state index in [9.17, 15) is 13.2 Å². The fourth-order valence-electron chi connectivity index (χ4n) is 1.41. The SMILES string of the molecule is CCSCCCNc1cc(Cl)cc(C(F)(F)F)c1. The normalized spacial score (nSPS) is 11.6. The molecule has 1 aromatic rings. The lowest BCUT2D eigenvalue weighted by molar-refractivity contribution is -0.137. The van der Waals surface area contributed by atoms with E-state index >= 15 is 0 Å². The van der Waals surface area contributed by atoms with Gasteiger partial charge >= 0.3 is 6.18 Å². The molecule has 0 spiro atoms. The standard InChI is InChI=1S/C12H15ClF3NS/c1-2-18-5-3-4-17-11-7-9(12(14,15)16)6-10(13)8-11/h6-8,17H,2-5H2,1H3. The van der Waals surface area contributed by atoms with Crippen LogP contribution in [0.25, 0.3) is 0 Å². The van der Waals surface area contributed by atoms with Gasteiger partial charge in [0.05, 0.1) is 5.56 Å². The van der Waals surface area contributed by atoms with Crippen LogP contribution in [0.1, 0.15) is 18.9 Å². The lowest BCUT2D eigenvalue weighted by atomic mass is 10.2. The Morgan fingerprint density at radius 2 is 2.00 bits per heavy atom. The molecule has 0 fully saturated rings. The van der Waals surface area contributed by atoms with Crippen LogP contribution in [0.3, 0.4) is 0 Å². The van der Waals surface area contributed by atoms with Gasteiger partial charge in [-0.3, -0.25) is 0 Å². The van der Waals surface area contributed by atoms with Crippen LogP contribution < -0.4 is 5.32 Å². The summed E-state index contributed by atoms with van der Waals surface area (Å²) in [5.74, 6) is 2.05. The molecule has 0 saturated carbocycles. The Morgan fingerprint density at radius 3 is 2.61 bits per heavy atom. The molecule has 0 amide bonds. The smallest absolute Gasteiger partial charge is 0.385 e. The Balaban J connectivity index is 2.58. The molecule has 1 nitrogen and oxygen atoms in total. The molecular formula is C12H15ClF3NS. The Morgan fingerprint density at radius 1 is 1.28 bits per heavy atom. The maximum Gasteiger partial charge on any atom is 0.416 e. The van der Waals surface area contributed by atoms with Gasteiger partial charge in [-0.15, -0.1) is 0 Å². The highest BCUT2D eigenvalue weighted by Crippen LogP contribution is 2.33. The molecule has 0 aliphatic carbocycles. The molecule has 102 valence electrons. The van der Waals surface area contributed by atoms with Crippen LogP contribution in [0.4, 0.5) is 18.9 Å². The lowest BCUT2D eigenvalue weighted by Gasteiger charge is -2.11. The highest BCUT2D eigenvalue weighted by atomic mass is 35.5. The first-order chi connectivity index (χ1) is 8.43. The van der Waals surface area contributed by atoms with Crippen LogP contribution in [-0.2, 0) is 6.18 Å². The number of hydrogen-bond donors (Lipinski definition) is 1. The summed E-state index contributed by atoms with van der Waals surface area (Å²) in [6.07, 6.45) is -3.45. The quantitative estimate of drug-likeness (QED) is 0.748. The van der Waals surface area contributed by atoms with Crippen LogP contribution in [0.5, 0.6) is 0 Å². The topological polar surface area (TPSA) is 12.0 Å². The van der Waals surface area contributed by atoms with Gasteiger partial charge in [-0.1, -0.05) is 18.5 Å². The molecule has 0 radical (unpaired) electrons. The second-order valence-corrected chi connectivity index (χ2v) is 5.53. The van der Waals surface area contributed by atoms with Crippen LogP contribution >= 0.6 is 23.4 Å². The van der Waals surface area contributed by atoms with Gasteiger partial charge in [0.2, 0.25) is 0 Å². The number of benzene rings is 1. The predicted octanol–water partition coefficient (Wildman–Crippen LogP) is 4.91. The van der Waals surface area contributed by atoms with Crippen LogP contribution in [-0.4, -0.2) is 18.1 Å². The molecule has 0 bridgehead atoms. The van der Waals surface area contributed by atoms with Crippen LogP contribution in [0.2, 0.25) is 5.02 Å². The number of anilines is 1. The molecule has 1 rings (SSSR count).